The molecule has 80 heavy (non-hydrogen) atoms. The maximum absolute atomic E-state index is 14.6. The van der Waals surface area contributed by atoms with Crippen molar-refractivity contribution >= 4 is 64.0 Å². The minimum absolute atomic E-state index is 0.0357. The zero-order valence-electron chi connectivity index (χ0n) is 41.3. The van der Waals surface area contributed by atoms with E-state index >= 15 is 0 Å². The number of carboxylic acids is 3. The van der Waals surface area contributed by atoms with E-state index in [0.29, 0.717) is 27.5 Å². The zero-order valence-corrected chi connectivity index (χ0v) is 42.0. The minimum atomic E-state index is -1.30. The van der Waals surface area contributed by atoms with Crippen LogP contribution in [0.4, 0.5) is 65.2 Å². The van der Waals surface area contributed by atoms with Crippen LogP contribution in [0.15, 0.2) is 158 Å². The normalized spacial score (nSPS) is 11.5. The SMILES string of the molecule is COc1cccc(-c2cc(F)c(Nc3ncccc3C(=O)O)c(F)c2)c1F.O=C(O)c1cccnc1Nc1c(F)cc(-c2cccc(OC3CC3)c2)cc1F.O=C(O)c1cccnc1Nc1c(F)cc(-c2ccccc2Cl)cc1F. The Labute approximate surface area is 454 Å². The molecule has 6 aromatic carbocycles. The second-order valence-electron chi connectivity index (χ2n) is 17.1. The molecular formula is C58H40ClF7N6O8. The van der Waals surface area contributed by atoms with Gasteiger partial charge in [0.15, 0.2) is 11.6 Å². The number of hydrogen-bond donors (Lipinski definition) is 6. The molecule has 10 rings (SSSR count). The lowest BCUT2D eigenvalue weighted by Crippen LogP contribution is -2.07. The summed E-state index contributed by atoms with van der Waals surface area (Å²) < 4.78 is 112. The van der Waals surface area contributed by atoms with Gasteiger partial charge in [0.2, 0.25) is 0 Å². The van der Waals surface area contributed by atoms with Gasteiger partial charge in [0.1, 0.15) is 91.9 Å². The largest absolute Gasteiger partial charge is 0.494 e. The maximum Gasteiger partial charge on any atom is 0.339 e. The van der Waals surface area contributed by atoms with Crippen molar-refractivity contribution in [1.29, 1.82) is 0 Å². The molecule has 1 fully saturated rings. The lowest BCUT2D eigenvalue weighted by Gasteiger charge is -2.13. The average molecular weight is 1120 g/mol. The van der Waals surface area contributed by atoms with Crippen molar-refractivity contribution in [3.8, 4) is 44.9 Å². The van der Waals surface area contributed by atoms with Crippen LogP contribution in [0.25, 0.3) is 33.4 Å². The smallest absolute Gasteiger partial charge is 0.339 e. The Morgan fingerprint density at radius 3 is 1.30 bits per heavy atom. The summed E-state index contributed by atoms with van der Waals surface area (Å²) in [5.74, 6) is -10.0. The lowest BCUT2D eigenvalue weighted by atomic mass is 10.0. The quantitative estimate of drug-likeness (QED) is 0.0529. The van der Waals surface area contributed by atoms with E-state index in [2.05, 4.69) is 30.9 Å². The molecule has 0 radical (unpaired) electrons. The number of ether oxygens (including phenoxy) is 2. The van der Waals surface area contributed by atoms with E-state index in [4.69, 9.17) is 31.3 Å². The van der Waals surface area contributed by atoms with Gasteiger partial charge >= 0.3 is 17.9 Å². The van der Waals surface area contributed by atoms with Crippen molar-refractivity contribution in [2.75, 3.05) is 23.1 Å². The molecule has 0 unspecified atom stereocenters. The molecule has 0 aliphatic heterocycles. The van der Waals surface area contributed by atoms with E-state index in [1.165, 1.54) is 92.4 Å². The van der Waals surface area contributed by atoms with Crippen molar-refractivity contribution in [1.82, 2.24) is 15.0 Å². The fourth-order valence-electron chi connectivity index (χ4n) is 7.66. The number of hydrogen-bond acceptors (Lipinski definition) is 11. The van der Waals surface area contributed by atoms with Crippen LogP contribution in [0.1, 0.15) is 43.9 Å². The first kappa shape index (κ1) is 56.2. The fourth-order valence-corrected chi connectivity index (χ4v) is 7.90. The highest BCUT2D eigenvalue weighted by atomic mass is 35.5. The van der Waals surface area contributed by atoms with Crippen LogP contribution in [0.5, 0.6) is 11.5 Å². The molecule has 0 saturated heterocycles. The Morgan fingerprint density at radius 1 is 0.487 bits per heavy atom. The minimum Gasteiger partial charge on any atom is -0.494 e. The van der Waals surface area contributed by atoms with Crippen molar-refractivity contribution in [3.63, 3.8) is 0 Å². The maximum atomic E-state index is 14.6. The summed E-state index contributed by atoms with van der Waals surface area (Å²) in [6.07, 6.45) is 6.19. The molecule has 22 heteroatoms. The second-order valence-corrected chi connectivity index (χ2v) is 17.5. The second kappa shape index (κ2) is 25.0. The number of nitrogens with zero attached hydrogens (tertiary/aromatic N) is 3. The number of aromatic carboxylic acids is 3. The highest BCUT2D eigenvalue weighted by molar-refractivity contribution is 6.33. The number of methoxy groups -OCH3 is 1. The third kappa shape index (κ3) is 13.4. The molecule has 1 saturated carbocycles. The first-order chi connectivity index (χ1) is 38.4. The number of nitrogens with one attached hydrogen (secondary N) is 3. The number of aromatic nitrogens is 3. The fraction of sp³-hybridized carbons (Fsp3) is 0.0690. The van der Waals surface area contributed by atoms with Gasteiger partial charge in [0.05, 0.1) is 13.2 Å². The van der Waals surface area contributed by atoms with Crippen LogP contribution < -0.4 is 25.4 Å². The molecular weight excluding hydrogens is 1080 g/mol. The molecule has 0 atom stereocenters. The standard InChI is InChI=1S/C21H16F2N2O3.C19H13F3N2O3.C18H11ClF2N2O2/c22-17-10-13(12-3-1-4-15(9-12)28-14-6-7-14)11-18(23)19(17)25-20-16(21(26)27)5-2-8-24-20;1-27-15-6-2-4-11(16(15)22)10-8-13(20)17(14(21)9-10)24-18-12(19(25)26)5-3-7-23-18;19-13-6-2-1-4-11(13)10-8-14(20)16(15(21)9-10)23-17-12(18(24)25)5-3-7-22-17/h1-5,8-11,14H,6-7H2,(H,24,25)(H,26,27);2-9H,1H3,(H,23,24)(H,25,26);1-9H,(H,22,23)(H,24,25). The highest BCUT2D eigenvalue weighted by Crippen LogP contribution is 2.37. The van der Waals surface area contributed by atoms with Gasteiger partial charge in [-0.15, -0.1) is 0 Å². The molecule has 0 amide bonds. The molecule has 6 N–H and O–H groups in total. The summed E-state index contributed by atoms with van der Waals surface area (Å²) in [6.45, 7) is 0. The Kier molecular flexibility index (Phi) is 17.5. The lowest BCUT2D eigenvalue weighted by molar-refractivity contribution is 0.0686. The summed E-state index contributed by atoms with van der Waals surface area (Å²) >= 11 is 6.05. The van der Waals surface area contributed by atoms with Crippen molar-refractivity contribution in [3.05, 3.63) is 221 Å². The molecule has 406 valence electrons. The Bertz CT molecular complexity index is 3750. The van der Waals surface area contributed by atoms with Crippen molar-refractivity contribution in [2.45, 2.75) is 18.9 Å². The number of carbonyl (C=O) groups is 3. The van der Waals surface area contributed by atoms with Crippen LogP contribution in [0.3, 0.4) is 0 Å². The summed E-state index contributed by atoms with van der Waals surface area (Å²) in [4.78, 5) is 45.1. The van der Waals surface area contributed by atoms with Gasteiger partial charge in [0, 0.05) is 34.7 Å². The number of halogens is 8. The topological polar surface area (TPSA) is 205 Å². The number of anilines is 6. The van der Waals surface area contributed by atoms with Gasteiger partial charge in [0.25, 0.3) is 0 Å². The van der Waals surface area contributed by atoms with Gasteiger partial charge in [-0.1, -0.05) is 54.1 Å². The van der Waals surface area contributed by atoms with Crippen LogP contribution in [0.2, 0.25) is 5.02 Å². The summed E-state index contributed by atoms with van der Waals surface area (Å²) in [5.41, 5.74) is -0.535. The summed E-state index contributed by atoms with van der Waals surface area (Å²) in [5, 5.41) is 35.0. The van der Waals surface area contributed by atoms with E-state index < -0.39 is 75.7 Å². The van der Waals surface area contributed by atoms with E-state index in [-0.39, 0.29) is 62.7 Å². The van der Waals surface area contributed by atoms with Gasteiger partial charge in [-0.2, -0.15) is 0 Å². The molecule has 1 aliphatic rings. The highest BCUT2D eigenvalue weighted by Gasteiger charge is 2.25. The molecule has 3 aromatic heterocycles. The first-order valence-corrected chi connectivity index (χ1v) is 24.0. The Morgan fingerprint density at radius 2 is 0.887 bits per heavy atom. The third-order valence-corrected chi connectivity index (χ3v) is 12.0. The van der Waals surface area contributed by atoms with Crippen LogP contribution in [0, 0.1) is 40.7 Å². The van der Waals surface area contributed by atoms with Crippen molar-refractivity contribution < 1.29 is 69.9 Å². The monoisotopic (exact) mass is 1120 g/mol. The number of rotatable bonds is 15. The van der Waals surface area contributed by atoms with E-state index in [1.807, 2.05) is 0 Å². The van der Waals surface area contributed by atoms with Crippen LogP contribution >= 0.6 is 11.6 Å². The molecule has 1 aliphatic carbocycles. The van der Waals surface area contributed by atoms with E-state index in [0.717, 1.165) is 37.1 Å². The van der Waals surface area contributed by atoms with Gasteiger partial charge in [-0.25, -0.2) is 60.1 Å². The van der Waals surface area contributed by atoms with Crippen LogP contribution in [-0.2, 0) is 0 Å². The van der Waals surface area contributed by atoms with Crippen LogP contribution in [-0.4, -0.2) is 61.4 Å². The van der Waals surface area contributed by atoms with Gasteiger partial charge in [-0.05, 0) is 132 Å². The molecule has 14 nitrogen and oxygen atoms in total. The van der Waals surface area contributed by atoms with E-state index in [9.17, 15) is 50.2 Å². The molecule has 0 bridgehead atoms. The zero-order chi connectivity index (χ0) is 57.2. The van der Waals surface area contributed by atoms with Gasteiger partial charge in [-0.3, -0.25) is 0 Å². The van der Waals surface area contributed by atoms with E-state index in [1.54, 1.807) is 48.5 Å². The Balaban J connectivity index is 0.000000158. The third-order valence-electron chi connectivity index (χ3n) is 11.6. The summed E-state index contributed by atoms with van der Waals surface area (Å²) in [7, 11) is 1.28. The average Bonchev–Trinajstić information content (AvgIpc) is 4.29. The molecule has 0 spiro atoms. The number of carboxylic acid groups (broad SMARTS) is 3. The first-order valence-electron chi connectivity index (χ1n) is 23.6. The molecule has 9 aromatic rings. The summed E-state index contributed by atoms with van der Waals surface area (Å²) in [6, 6.07) is 32.5. The molecule has 3 heterocycles. The Hall–Kier alpha value is -10.0. The predicted molar refractivity (Wildman–Crippen MR) is 284 cm³/mol. The predicted octanol–water partition coefficient (Wildman–Crippen LogP) is 14.7. The van der Waals surface area contributed by atoms with Crippen molar-refractivity contribution in [2.24, 2.45) is 0 Å². The number of pyridine rings is 3. The van der Waals surface area contributed by atoms with Gasteiger partial charge < -0.3 is 40.7 Å². The number of benzene rings is 6.